The number of fused-ring (bicyclic) bond motifs is 1. The van der Waals surface area contributed by atoms with E-state index in [1.54, 1.807) is 24.2 Å². The van der Waals surface area contributed by atoms with E-state index in [-0.39, 0.29) is 35.1 Å². The van der Waals surface area contributed by atoms with Crippen molar-refractivity contribution in [3.05, 3.63) is 60.5 Å². The lowest BCUT2D eigenvalue weighted by Gasteiger charge is -2.46. The van der Waals surface area contributed by atoms with Crippen LogP contribution in [-0.2, 0) is 9.59 Å². The van der Waals surface area contributed by atoms with Crippen LogP contribution in [0, 0.1) is 11.3 Å². The fourth-order valence-corrected chi connectivity index (χ4v) is 6.92. The lowest BCUT2D eigenvalue weighted by Crippen LogP contribution is -2.42. The number of carbonyl (C=O) groups is 3. The van der Waals surface area contributed by atoms with E-state index in [0.29, 0.717) is 28.6 Å². The molecule has 0 unspecified atom stereocenters. The van der Waals surface area contributed by atoms with Crippen molar-refractivity contribution in [1.29, 1.82) is 0 Å². The van der Waals surface area contributed by atoms with Gasteiger partial charge in [-0.3, -0.25) is 19.7 Å². The number of amides is 3. The van der Waals surface area contributed by atoms with Gasteiger partial charge in [0.05, 0.1) is 27.0 Å². The standard InChI is InChI=1S/C30H32N6O4S/c1-5-26(37)35-11-10-30(16-35)13-20(14-30)36-22-7-6-19(34(4)28(39)18(2)3)12-21(22)32-29(36)33-27(38)25-9-8-24(41-25)23-15-31-17-40-23/h5-9,12,15,17-18,20H,1,10-11,13-14,16H2,2-4H3,(H,32,33,38)/t20-,30-. The van der Waals surface area contributed by atoms with Gasteiger partial charge in [-0.05, 0) is 61.1 Å². The number of rotatable bonds is 7. The maximum atomic E-state index is 13.4. The van der Waals surface area contributed by atoms with Crippen LogP contribution < -0.4 is 10.2 Å². The van der Waals surface area contributed by atoms with Crippen LogP contribution in [-0.4, -0.2) is 57.3 Å². The zero-order valence-corrected chi connectivity index (χ0v) is 24.1. The molecule has 11 heteroatoms. The Kier molecular flexibility index (Phi) is 6.77. The summed E-state index contributed by atoms with van der Waals surface area (Å²) in [4.78, 5) is 51.9. The first-order valence-corrected chi connectivity index (χ1v) is 14.5. The van der Waals surface area contributed by atoms with Crippen molar-refractivity contribution < 1.29 is 18.8 Å². The minimum atomic E-state index is -0.262. The van der Waals surface area contributed by atoms with Gasteiger partial charge in [0.25, 0.3) is 5.91 Å². The molecular weight excluding hydrogens is 540 g/mol. The average Bonchev–Trinajstić information content (AvgIpc) is 3.75. The monoisotopic (exact) mass is 572 g/mol. The molecule has 212 valence electrons. The number of oxazole rings is 1. The molecule has 2 fully saturated rings. The quantitative estimate of drug-likeness (QED) is 0.298. The fourth-order valence-electron chi connectivity index (χ4n) is 6.07. The summed E-state index contributed by atoms with van der Waals surface area (Å²) in [5.74, 6) is 0.654. The molecule has 1 saturated carbocycles. The van der Waals surface area contributed by atoms with Crippen LogP contribution in [0.5, 0.6) is 0 Å². The highest BCUT2D eigenvalue weighted by Gasteiger charge is 2.50. The summed E-state index contributed by atoms with van der Waals surface area (Å²) < 4.78 is 7.48. The third kappa shape index (κ3) is 4.84. The number of nitrogens with one attached hydrogen (secondary N) is 1. The largest absolute Gasteiger partial charge is 0.443 e. The highest BCUT2D eigenvalue weighted by Crippen LogP contribution is 2.55. The summed E-state index contributed by atoms with van der Waals surface area (Å²) in [6.07, 6.45) is 7.06. The second kappa shape index (κ2) is 10.3. The summed E-state index contributed by atoms with van der Waals surface area (Å²) in [7, 11) is 1.76. The molecule has 2 aliphatic rings. The molecule has 4 heterocycles. The summed E-state index contributed by atoms with van der Waals surface area (Å²) in [6.45, 7) is 8.83. The lowest BCUT2D eigenvalue weighted by atomic mass is 9.65. The molecule has 3 amide bonds. The maximum Gasteiger partial charge on any atom is 0.268 e. The topological polar surface area (TPSA) is 114 Å². The van der Waals surface area contributed by atoms with E-state index in [4.69, 9.17) is 9.40 Å². The van der Waals surface area contributed by atoms with Crippen molar-refractivity contribution in [2.45, 2.75) is 39.2 Å². The van der Waals surface area contributed by atoms with Gasteiger partial charge in [0.15, 0.2) is 12.2 Å². The summed E-state index contributed by atoms with van der Waals surface area (Å²) in [5.41, 5.74) is 2.39. The van der Waals surface area contributed by atoms with Gasteiger partial charge in [-0.25, -0.2) is 9.97 Å². The van der Waals surface area contributed by atoms with E-state index in [9.17, 15) is 14.4 Å². The minimum absolute atomic E-state index is 0.0124. The van der Waals surface area contributed by atoms with Gasteiger partial charge in [0.1, 0.15) is 0 Å². The molecule has 1 aliphatic carbocycles. The Hall–Kier alpha value is -4.25. The Morgan fingerprint density at radius 3 is 2.76 bits per heavy atom. The van der Waals surface area contributed by atoms with Crippen LogP contribution >= 0.6 is 11.3 Å². The molecular formula is C30H32N6O4S. The lowest BCUT2D eigenvalue weighted by molar-refractivity contribution is -0.126. The fraction of sp³-hybridized carbons (Fsp3) is 0.367. The first-order valence-electron chi connectivity index (χ1n) is 13.7. The Labute approximate surface area is 241 Å². The van der Waals surface area contributed by atoms with E-state index in [0.717, 1.165) is 41.9 Å². The second-order valence-electron chi connectivity index (χ2n) is 11.3. The van der Waals surface area contributed by atoms with Gasteiger partial charge in [0, 0.05) is 37.8 Å². The molecule has 1 N–H and O–H groups in total. The number of hydrogen-bond acceptors (Lipinski definition) is 7. The van der Waals surface area contributed by atoms with Gasteiger partial charge in [-0.1, -0.05) is 20.4 Å². The van der Waals surface area contributed by atoms with E-state index in [1.165, 1.54) is 23.8 Å². The minimum Gasteiger partial charge on any atom is -0.443 e. The molecule has 1 saturated heterocycles. The van der Waals surface area contributed by atoms with Crippen LogP contribution in [0.2, 0.25) is 0 Å². The van der Waals surface area contributed by atoms with Crippen LogP contribution in [0.15, 0.2) is 60.0 Å². The van der Waals surface area contributed by atoms with Crippen molar-refractivity contribution in [3.8, 4) is 10.6 Å². The summed E-state index contributed by atoms with van der Waals surface area (Å²) >= 11 is 1.32. The van der Waals surface area contributed by atoms with Gasteiger partial charge < -0.3 is 18.8 Å². The second-order valence-corrected chi connectivity index (χ2v) is 12.4. The molecule has 41 heavy (non-hydrogen) atoms. The van der Waals surface area contributed by atoms with Crippen molar-refractivity contribution in [2.75, 3.05) is 30.4 Å². The predicted molar refractivity (Wildman–Crippen MR) is 158 cm³/mol. The third-order valence-electron chi connectivity index (χ3n) is 8.24. The smallest absolute Gasteiger partial charge is 0.268 e. The zero-order valence-electron chi connectivity index (χ0n) is 23.3. The number of benzene rings is 1. The Morgan fingerprint density at radius 2 is 2.05 bits per heavy atom. The SMILES string of the molecule is C=CC(=O)N1CC[C@]2(C1)C[C@H](n1c(NC(=O)c3ccc(-c4cnco4)s3)nc3cc(N(C)C(=O)C(C)C)ccc31)C2. The van der Waals surface area contributed by atoms with Gasteiger partial charge in [-0.2, -0.15) is 0 Å². The number of carbonyl (C=O) groups excluding carboxylic acids is 3. The maximum absolute atomic E-state index is 13.4. The number of anilines is 2. The molecule has 0 bridgehead atoms. The summed E-state index contributed by atoms with van der Waals surface area (Å²) in [5, 5.41) is 3.05. The van der Waals surface area contributed by atoms with E-state index in [1.807, 2.05) is 43.0 Å². The Morgan fingerprint density at radius 1 is 1.24 bits per heavy atom. The number of hydrogen-bond donors (Lipinski definition) is 1. The molecule has 1 spiro atoms. The van der Waals surface area contributed by atoms with E-state index >= 15 is 0 Å². The molecule has 6 rings (SSSR count). The summed E-state index contributed by atoms with van der Waals surface area (Å²) in [6, 6.07) is 9.49. The molecule has 1 aliphatic heterocycles. The first-order chi connectivity index (χ1) is 19.7. The number of likely N-dealkylation sites (tertiary alicyclic amines) is 1. The highest BCUT2D eigenvalue weighted by molar-refractivity contribution is 7.17. The molecule has 3 aromatic heterocycles. The van der Waals surface area contributed by atoms with Crippen molar-refractivity contribution in [1.82, 2.24) is 19.4 Å². The first kappa shape index (κ1) is 26.9. The van der Waals surface area contributed by atoms with Crippen LogP contribution in [0.25, 0.3) is 21.7 Å². The molecule has 10 nitrogen and oxygen atoms in total. The van der Waals surface area contributed by atoms with Gasteiger partial charge >= 0.3 is 0 Å². The van der Waals surface area contributed by atoms with E-state index in [2.05, 4.69) is 21.4 Å². The Bertz CT molecular complexity index is 1650. The predicted octanol–water partition coefficient (Wildman–Crippen LogP) is 5.36. The van der Waals surface area contributed by atoms with Gasteiger partial charge in [-0.15, -0.1) is 11.3 Å². The van der Waals surface area contributed by atoms with E-state index < -0.39 is 0 Å². The highest BCUT2D eigenvalue weighted by atomic mass is 32.1. The average molecular weight is 573 g/mol. The molecule has 4 aromatic rings. The van der Waals surface area contributed by atoms with Gasteiger partial charge in [0.2, 0.25) is 17.8 Å². The van der Waals surface area contributed by atoms with Crippen LogP contribution in [0.1, 0.15) is 48.8 Å². The van der Waals surface area contributed by atoms with Crippen LogP contribution in [0.4, 0.5) is 11.6 Å². The van der Waals surface area contributed by atoms with Crippen LogP contribution in [0.3, 0.4) is 0 Å². The molecule has 1 aromatic carbocycles. The van der Waals surface area contributed by atoms with Crippen molar-refractivity contribution in [3.63, 3.8) is 0 Å². The normalized spacial score (nSPS) is 20.0. The zero-order chi connectivity index (χ0) is 28.9. The molecule has 0 radical (unpaired) electrons. The third-order valence-corrected chi connectivity index (χ3v) is 9.34. The number of aromatic nitrogens is 3. The number of nitrogens with zero attached hydrogens (tertiary/aromatic N) is 5. The van der Waals surface area contributed by atoms with Crippen molar-refractivity contribution in [2.24, 2.45) is 11.3 Å². The van der Waals surface area contributed by atoms with Crippen molar-refractivity contribution >= 4 is 51.7 Å². The Balaban J connectivity index is 1.31. The molecule has 0 atom stereocenters. The number of imidazole rings is 1. The number of thiophene rings is 1.